The fourth-order valence-corrected chi connectivity index (χ4v) is 2.82. The van der Waals surface area contributed by atoms with Crippen molar-refractivity contribution in [1.82, 2.24) is 10.2 Å². The zero-order chi connectivity index (χ0) is 13.1. The van der Waals surface area contributed by atoms with Crippen LogP contribution in [-0.2, 0) is 6.54 Å². The van der Waals surface area contributed by atoms with Gasteiger partial charge in [-0.15, -0.1) is 5.10 Å². The van der Waals surface area contributed by atoms with Crippen LogP contribution in [0.2, 0.25) is 0 Å². The molecule has 1 fully saturated rings. The van der Waals surface area contributed by atoms with Gasteiger partial charge in [-0.2, -0.15) is 5.10 Å². The van der Waals surface area contributed by atoms with E-state index in [2.05, 4.69) is 28.9 Å². The van der Waals surface area contributed by atoms with Gasteiger partial charge >= 0.3 is 0 Å². The molecule has 0 radical (unpaired) electrons. The molecule has 0 saturated carbocycles. The molecule has 4 nitrogen and oxygen atoms in total. The topological polar surface area (TPSA) is 55.0 Å². The molecule has 0 aromatic carbocycles. The summed E-state index contributed by atoms with van der Waals surface area (Å²) in [4.78, 5) is 2.42. The van der Waals surface area contributed by atoms with Gasteiger partial charge in [0.2, 0.25) is 0 Å². The highest BCUT2D eigenvalue weighted by Crippen LogP contribution is 2.29. The maximum atomic E-state index is 5.92. The van der Waals surface area contributed by atoms with E-state index in [9.17, 15) is 0 Å². The Balaban J connectivity index is 2.39. The Morgan fingerprint density at radius 3 is 2.72 bits per heavy atom. The summed E-state index contributed by atoms with van der Waals surface area (Å²) in [5.41, 5.74) is 9.28. The fourth-order valence-electron chi connectivity index (χ4n) is 2.82. The lowest BCUT2D eigenvalue weighted by atomic mass is 9.98. The Morgan fingerprint density at radius 1 is 1.28 bits per heavy atom. The van der Waals surface area contributed by atoms with Crippen LogP contribution < -0.4 is 10.6 Å². The third kappa shape index (κ3) is 2.34. The molecule has 1 saturated heterocycles. The molecule has 1 aromatic rings. The number of aryl methyl sites for hydroxylation is 1. The van der Waals surface area contributed by atoms with Gasteiger partial charge in [0, 0.05) is 24.7 Å². The van der Waals surface area contributed by atoms with E-state index in [1.807, 2.05) is 6.92 Å². The molecule has 1 aromatic heterocycles. The first-order chi connectivity index (χ1) is 8.69. The number of aromatic nitrogens is 2. The van der Waals surface area contributed by atoms with E-state index in [0.29, 0.717) is 12.6 Å². The molecule has 100 valence electrons. The van der Waals surface area contributed by atoms with Crippen molar-refractivity contribution >= 4 is 5.82 Å². The van der Waals surface area contributed by atoms with Crippen LogP contribution in [0.25, 0.3) is 0 Å². The van der Waals surface area contributed by atoms with Gasteiger partial charge in [-0.3, -0.25) is 0 Å². The molecular weight excluding hydrogens is 224 g/mol. The second-order valence-electron chi connectivity index (χ2n) is 5.17. The minimum atomic E-state index is 0.546. The summed E-state index contributed by atoms with van der Waals surface area (Å²) < 4.78 is 0. The molecule has 0 amide bonds. The summed E-state index contributed by atoms with van der Waals surface area (Å²) in [5, 5.41) is 8.71. The molecule has 0 spiro atoms. The highest BCUT2D eigenvalue weighted by atomic mass is 15.3. The zero-order valence-electron chi connectivity index (χ0n) is 11.7. The summed E-state index contributed by atoms with van der Waals surface area (Å²) in [6.07, 6.45) is 4.99. The lowest BCUT2D eigenvalue weighted by Crippen LogP contribution is -2.40. The van der Waals surface area contributed by atoms with Crippen LogP contribution in [0.5, 0.6) is 0 Å². The van der Waals surface area contributed by atoms with E-state index in [1.54, 1.807) is 0 Å². The van der Waals surface area contributed by atoms with Crippen LogP contribution >= 0.6 is 0 Å². The number of nitrogens with zero attached hydrogens (tertiary/aromatic N) is 3. The third-order valence-electron chi connectivity index (χ3n) is 4.13. The highest BCUT2D eigenvalue weighted by Gasteiger charge is 2.25. The van der Waals surface area contributed by atoms with Gasteiger partial charge in [0.15, 0.2) is 5.82 Å². The predicted octanol–water partition coefficient (Wildman–Crippen LogP) is 2.32. The molecule has 2 rings (SSSR count). The molecule has 1 atom stereocenters. The van der Waals surface area contributed by atoms with Crippen LogP contribution in [0.1, 0.15) is 49.4 Å². The lowest BCUT2D eigenvalue weighted by molar-refractivity contribution is 0.444. The van der Waals surface area contributed by atoms with E-state index < -0.39 is 0 Å². The van der Waals surface area contributed by atoms with Crippen LogP contribution in [0.4, 0.5) is 5.82 Å². The average molecular weight is 248 g/mol. The van der Waals surface area contributed by atoms with Crippen LogP contribution in [0, 0.1) is 13.8 Å². The van der Waals surface area contributed by atoms with Crippen molar-refractivity contribution in [2.75, 3.05) is 11.4 Å². The zero-order valence-corrected chi connectivity index (χ0v) is 11.7. The Bertz CT molecular complexity index is 417. The van der Waals surface area contributed by atoms with Crippen molar-refractivity contribution in [3.63, 3.8) is 0 Å². The summed E-state index contributed by atoms with van der Waals surface area (Å²) >= 11 is 0. The van der Waals surface area contributed by atoms with Gasteiger partial charge in [0.05, 0.1) is 5.69 Å². The van der Waals surface area contributed by atoms with Gasteiger partial charge in [-0.1, -0.05) is 6.92 Å². The second-order valence-corrected chi connectivity index (χ2v) is 5.17. The molecule has 4 heteroatoms. The average Bonchev–Trinajstić information content (AvgIpc) is 2.41. The predicted molar refractivity (Wildman–Crippen MR) is 74.7 cm³/mol. The van der Waals surface area contributed by atoms with Gasteiger partial charge in [-0.25, -0.2) is 0 Å². The third-order valence-corrected chi connectivity index (χ3v) is 4.13. The molecule has 1 aliphatic rings. The smallest absolute Gasteiger partial charge is 0.156 e. The molecular formula is C14H24N4. The quantitative estimate of drug-likeness (QED) is 0.892. The van der Waals surface area contributed by atoms with E-state index >= 15 is 0 Å². The monoisotopic (exact) mass is 248 g/mol. The second kappa shape index (κ2) is 5.65. The largest absolute Gasteiger partial charge is 0.352 e. The number of nitrogens with two attached hydrogens (primary N) is 1. The first-order valence-corrected chi connectivity index (χ1v) is 6.98. The highest BCUT2D eigenvalue weighted by molar-refractivity contribution is 5.51. The Kier molecular flexibility index (Phi) is 4.17. The summed E-state index contributed by atoms with van der Waals surface area (Å²) in [5.74, 6) is 1.02. The van der Waals surface area contributed by atoms with Gasteiger partial charge in [-0.05, 0) is 45.1 Å². The summed E-state index contributed by atoms with van der Waals surface area (Å²) in [7, 11) is 0. The molecule has 18 heavy (non-hydrogen) atoms. The first kappa shape index (κ1) is 13.3. The van der Waals surface area contributed by atoms with Gasteiger partial charge in [0.25, 0.3) is 0 Å². The Hall–Kier alpha value is -1.16. The number of piperidine rings is 1. The normalized spacial score (nSPS) is 20.2. The Morgan fingerprint density at radius 2 is 2.06 bits per heavy atom. The minimum absolute atomic E-state index is 0.546. The SMILES string of the molecule is CCC1CCCCN1c1nnc(C)c(C)c1CN. The minimum Gasteiger partial charge on any atom is -0.352 e. The lowest BCUT2D eigenvalue weighted by Gasteiger charge is -2.37. The molecule has 1 aliphatic heterocycles. The van der Waals surface area contributed by atoms with Crippen molar-refractivity contribution in [2.45, 2.75) is 59.0 Å². The van der Waals surface area contributed by atoms with Crippen molar-refractivity contribution in [3.05, 3.63) is 16.8 Å². The summed E-state index contributed by atoms with van der Waals surface area (Å²) in [6.45, 7) is 7.98. The molecule has 0 bridgehead atoms. The maximum Gasteiger partial charge on any atom is 0.156 e. The molecule has 2 N–H and O–H groups in total. The number of rotatable bonds is 3. The fraction of sp³-hybridized carbons (Fsp3) is 0.714. The molecule has 0 aliphatic carbocycles. The number of hydrogen-bond donors (Lipinski definition) is 1. The van der Waals surface area contributed by atoms with E-state index in [1.165, 1.54) is 36.8 Å². The van der Waals surface area contributed by atoms with Crippen molar-refractivity contribution in [2.24, 2.45) is 5.73 Å². The number of hydrogen-bond acceptors (Lipinski definition) is 4. The van der Waals surface area contributed by atoms with Crippen LogP contribution in [-0.4, -0.2) is 22.8 Å². The van der Waals surface area contributed by atoms with E-state index in [4.69, 9.17) is 5.73 Å². The standard InChI is InChI=1S/C14H24N4/c1-4-12-7-5-6-8-18(12)14-13(9-15)10(2)11(3)16-17-14/h12H,4-9,15H2,1-3H3. The van der Waals surface area contributed by atoms with Crippen LogP contribution in [0.15, 0.2) is 0 Å². The Labute approximate surface area is 110 Å². The van der Waals surface area contributed by atoms with E-state index in [-0.39, 0.29) is 0 Å². The van der Waals surface area contributed by atoms with Crippen molar-refractivity contribution in [1.29, 1.82) is 0 Å². The van der Waals surface area contributed by atoms with Crippen molar-refractivity contribution < 1.29 is 0 Å². The van der Waals surface area contributed by atoms with Crippen LogP contribution in [0.3, 0.4) is 0 Å². The van der Waals surface area contributed by atoms with Gasteiger partial charge in [0.1, 0.15) is 0 Å². The van der Waals surface area contributed by atoms with Crippen molar-refractivity contribution in [3.8, 4) is 0 Å². The first-order valence-electron chi connectivity index (χ1n) is 6.98. The van der Waals surface area contributed by atoms with E-state index in [0.717, 1.165) is 18.1 Å². The maximum absolute atomic E-state index is 5.92. The van der Waals surface area contributed by atoms with Gasteiger partial charge < -0.3 is 10.6 Å². The molecule has 2 heterocycles. The molecule has 1 unspecified atom stereocenters. The summed E-state index contributed by atoms with van der Waals surface area (Å²) in [6, 6.07) is 0.598. The number of anilines is 1.